The monoisotopic (exact) mass is 213 g/mol. The molecule has 1 atom stereocenters. The largest absolute Gasteiger partial charge is 0.318 e. The molecule has 3 nitrogen and oxygen atoms in total. The third-order valence-electron chi connectivity index (χ3n) is 3.31. The number of rotatable bonds is 6. The first-order valence-electron chi connectivity index (χ1n) is 6.27. The van der Waals surface area contributed by atoms with E-state index in [4.69, 9.17) is 0 Å². The van der Waals surface area contributed by atoms with Crippen LogP contribution in [0.2, 0.25) is 0 Å². The molecule has 1 saturated heterocycles. The first kappa shape index (κ1) is 12.9. The standard InChI is InChI=1S/C12H27N3/c1-13-8-11-15-9-5-4-6-12(15)7-10-14(2)3/h12-13H,4-11H2,1-3H3. The fourth-order valence-corrected chi connectivity index (χ4v) is 2.34. The van der Waals surface area contributed by atoms with Crippen molar-refractivity contribution in [3.05, 3.63) is 0 Å². The predicted octanol–water partition coefficient (Wildman–Crippen LogP) is 1.01. The molecule has 1 fully saturated rings. The molecule has 1 heterocycles. The summed E-state index contributed by atoms with van der Waals surface area (Å²) < 4.78 is 0. The molecule has 1 unspecified atom stereocenters. The van der Waals surface area contributed by atoms with Crippen LogP contribution in [0.15, 0.2) is 0 Å². The van der Waals surface area contributed by atoms with Crippen LogP contribution in [0, 0.1) is 0 Å². The zero-order chi connectivity index (χ0) is 11.1. The molecule has 0 bridgehead atoms. The van der Waals surface area contributed by atoms with Gasteiger partial charge < -0.3 is 10.2 Å². The quantitative estimate of drug-likeness (QED) is 0.710. The highest BCUT2D eigenvalue weighted by Crippen LogP contribution is 2.19. The van der Waals surface area contributed by atoms with Gasteiger partial charge in [0.25, 0.3) is 0 Å². The molecule has 0 aromatic rings. The van der Waals surface area contributed by atoms with E-state index < -0.39 is 0 Å². The lowest BCUT2D eigenvalue weighted by Gasteiger charge is -2.36. The van der Waals surface area contributed by atoms with E-state index in [1.807, 2.05) is 7.05 Å². The third kappa shape index (κ3) is 4.96. The Balaban J connectivity index is 2.29. The number of nitrogens with zero attached hydrogens (tertiary/aromatic N) is 2. The van der Waals surface area contributed by atoms with Crippen LogP contribution in [0.25, 0.3) is 0 Å². The Morgan fingerprint density at radius 1 is 1.33 bits per heavy atom. The summed E-state index contributed by atoms with van der Waals surface area (Å²) in [4.78, 5) is 4.97. The van der Waals surface area contributed by atoms with Crippen LogP contribution in [-0.4, -0.2) is 63.2 Å². The van der Waals surface area contributed by atoms with Crippen molar-refractivity contribution in [1.29, 1.82) is 0 Å². The van der Waals surface area contributed by atoms with Crippen LogP contribution in [0.4, 0.5) is 0 Å². The summed E-state index contributed by atoms with van der Waals surface area (Å²) in [5, 5.41) is 3.25. The first-order valence-corrected chi connectivity index (χ1v) is 6.27. The predicted molar refractivity (Wildman–Crippen MR) is 66.3 cm³/mol. The summed E-state index contributed by atoms with van der Waals surface area (Å²) in [7, 11) is 6.38. The van der Waals surface area contributed by atoms with Gasteiger partial charge in [-0.3, -0.25) is 4.90 Å². The fourth-order valence-electron chi connectivity index (χ4n) is 2.34. The van der Waals surface area contributed by atoms with E-state index >= 15 is 0 Å². The topological polar surface area (TPSA) is 18.5 Å². The Bertz CT molecular complexity index is 159. The highest BCUT2D eigenvalue weighted by Gasteiger charge is 2.21. The molecule has 90 valence electrons. The van der Waals surface area contributed by atoms with Gasteiger partial charge in [-0.05, 0) is 53.5 Å². The van der Waals surface area contributed by atoms with Crippen LogP contribution in [-0.2, 0) is 0 Å². The summed E-state index contributed by atoms with van der Waals surface area (Å²) >= 11 is 0. The molecule has 3 heteroatoms. The first-order chi connectivity index (χ1) is 7.24. The average molecular weight is 213 g/mol. The Kier molecular flexibility index (Phi) is 6.22. The summed E-state index contributed by atoms with van der Waals surface area (Å²) in [5.41, 5.74) is 0. The minimum absolute atomic E-state index is 0.828. The highest BCUT2D eigenvalue weighted by molar-refractivity contribution is 4.77. The molecular weight excluding hydrogens is 186 g/mol. The second-order valence-corrected chi connectivity index (χ2v) is 4.88. The molecule has 0 aliphatic carbocycles. The number of nitrogens with one attached hydrogen (secondary N) is 1. The van der Waals surface area contributed by atoms with Gasteiger partial charge in [0, 0.05) is 19.1 Å². The van der Waals surface area contributed by atoms with E-state index in [-0.39, 0.29) is 0 Å². The van der Waals surface area contributed by atoms with Crippen molar-refractivity contribution in [2.24, 2.45) is 0 Å². The Morgan fingerprint density at radius 2 is 2.13 bits per heavy atom. The fraction of sp³-hybridized carbons (Fsp3) is 1.00. The van der Waals surface area contributed by atoms with Gasteiger partial charge in [0.2, 0.25) is 0 Å². The zero-order valence-corrected chi connectivity index (χ0v) is 10.6. The lowest BCUT2D eigenvalue weighted by atomic mass is 9.99. The molecule has 0 aromatic heterocycles. The maximum Gasteiger partial charge on any atom is 0.0110 e. The number of hydrogen-bond donors (Lipinski definition) is 1. The van der Waals surface area contributed by atoms with E-state index in [1.165, 1.54) is 45.3 Å². The molecule has 0 aromatic carbocycles. The number of likely N-dealkylation sites (N-methyl/N-ethyl adjacent to an activating group) is 1. The zero-order valence-electron chi connectivity index (χ0n) is 10.6. The van der Waals surface area contributed by atoms with Crippen molar-refractivity contribution in [3.63, 3.8) is 0 Å². The van der Waals surface area contributed by atoms with Crippen LogP contribution in [0.3, 0.4) is 0 Å². The second-order valence-electron chi connectivity index (χ2n) is 4.88. The highest BCUT2D eigenvalue weighted by atomic mass is 15.2. The van der Waals surface area contributed by atoms with Crippen LogP contribution in [0.1, 0.15) is 25.7 Å². The summed E-state index contributed by atoms with van der Waals surface area (Å²) in [6.45, 7) is 4.87. The smallest absolute Gasteiger partial charge is 0.0110 e. The van der Waals surface area contributed by atoms with Crippen molar-refractivity contribution >= 4 is 0 Å². The van der Waals surface area contributed by atoms with Gasteiger partial charge in [-0.25, -0.2) is 0 Å². The van der Waals surface area contributed by atoms with E-state index in [0.29, 0.717) is 0 Å². The Hall–Kier alpha value is -0.120. The normalized spacial score (nSPS) is 23.6. The maximum absolute atomic E-state index is 3.25. The number of piperidine rings is 1. The van der Waals surface area contributed by atoms with Gasteiger partial charge in [-0.15, -0.1) is 0 Å². The molecule has 0 radical (unpaired) electrons. The molecule has 0 saturated carbocycles. The van der Waals surface area contributed by atoms with Crippen molar-refractivity contribution in [2.75, 3.05) is 47.3 Å². The SMILES string of the molecule is CNCCN1CCCCC1CCN(C)C. The molecule has 1 aliphatic heterocycles. The molecule has 1 rings (SSSR count). The molecule has 0 spiro atoms. The number of hydrogen-bond acceptors (Lipinski definition) is 3. The Labute approximate surface area is 94.8 Å². The van der Waals surface area contributed by atoms with Crippen molar-refractivity contribution in [3.8, 4) is 0 Å². The summed E-state index contributed by atoms with van der Waals surface area (Å²) in [5.74, 6) is 0. The van der Waals surface area contributed by atoms with Gasteiger partial charge in [-0.2, -0.15) is 0 Å². The van der Waals surface area contributed by atoms with Gasteiger partial charge in [0.15, 0.2) is 0 Å². The Morgan fingerprint density at radius 3 is 2.80 bits per heavy atom. The molecule has 15 heavy (non-hydrogen) atoms. The lowest BCUT2D eigenvalue weighted by Crippen LogP contribution is -2.43. The molecule has 1 N–H and O–H groups in total. The van der Waals surface area contributed by atoms with Crippen molar-refractivity contribution in [2.45, 2.75) is 31.7 Å². The number of likely N-dealkylation sites (tertiary alicyclic amines) is 1. The molecule has 1 aliphatic rings. The lowest BCUT2D eigenvalue weighted by molar-refractivity contribution is 0.134. The van der Waals surface area contributed by atoms with Crippen molar-refractivity contribution < 1.29 is 0 Å². The van der Waals surface area contributed by atoms with Gasteiger partial charge >= 0.3 is 0 Å². The summed E-state index contributed by atoms with van der Waals surface area (Å²) in [6.07, 6.45) is 5.55. The van der Waals surface area contributed by atoms with Crippen LogP contribution < -0.4 is 5.32 Å². The van der Waals surface area contributed by atoms with Crippen LogP contribution in [0.5, 0.6) is 0 Å². The third-order valence-corrected chi connectivity index (χ3v) is 3.31. The minimum atomic E-state index is 0.828. The summed E-state index contributed by atoms with van der Waals surface area (Å²) in [6, 6.07) is 0.828. The van der Waals surface area contributed by atoms with Gasteiger partial charge in [-0.1, -0.05) is 6.42 Å². The average Bonchev–Trinajstić information content (AvgIpc) is 2.24. The second kappa shape index (κ2) is 7.20. The molecular formula is C12H27N3. The minimum Gasteiger partial charge on any atom is -0.318 e. The van der Waals surface area contributed by atoms with E-state index in [1.54, 1.807) is 0 Å². The van der Waals surface area contributed by atoms with E-state index in [0.717, 1.165) is 12.6 Å². The van der Waals surface area contributed by atoms with E-state index in [2.05, 4.69) is 29.2 Å². The van der Waals surface area contributed by atoms with Crippen LogP contribution >= 0.6 is 0 Å². The maximum atomic E-state index is 3.25. The van der Waals surface area contributed by atoms with E-state index in [9.17, 15) is 0 Å². The van der Waals surface area contributed by atoms with Gasteiger partial charge in [0.1, 0.15) is 0 Å². The molecule has 0 amide bonds. The van der Waals surface area contributed by atoms with Gasteiger partial charge in [0.05, 0.1) is 0 Å². The van der Waals surface area contributed by atoms with Crippen molar-refractivity contribution in [1.82, 2.24) is 15.1 Å².